The Balaban J connectivity index is 2.20. The Bertz CT molecular complexity index is 509. The number of rotatable bonds is 4. The van der Waals surface area contributed by atoms with Crippen LogP contribution in [0.5, 0.6) is 0 Å². The minimum absolute atomic E-state index is 0.790. The maximum Gasteiger partial charge on any atom is 0.280 e. The molecule has 0 radical (unpaired) electrons. The predicted molar refractivity (Wildman–Crippen MR) is 68.2 cm³/mol. The van der Waals surface area contributed by atoms with E-state index in [0.29, 0.717) is 0 Å². The summed E-state index contributed by atoms with van der Waals surface area (Å²) < 4.78 is 1.66. The van der Waals surface area contributed by atoms with E-state index in [1.54, 1.807) is 11.8 Å². The Labute approximate surface area is 101 Å². The second-order valence-corrected chi connectivity index (χ2v) is 3.56. The fourth-order valence-electron chi connectivity index (χ4n) is 1.58. The van der Waals surface area contributed by atoms with E-state index in [9.17, 15) is 0 Å². The van der Waals surface area contributed by atoms with Crippen molar-refractivity contribution in [1.29, 1.82) is 0 Å². The third-order valence-electron chi connectivity index (χ3n) is 2.40. The van der Waals surface area contributed by atoms with Gasteiger partial charge < -0.3 is 5.32 Å². The van der Waals surface area contributed by atoms with E-state index in [1.807, 2.05) is 54.7 Å². The van der Waals surface area contributed by atoms with Gasteiger partial charge in [0.1, 0.15) is 12.8 Å². The topological polar surface area (TPSA) is 25.1 Å². The van der Waals surface area contributed by atoms with Crippen LogP contribution in [0, 0.1) is 0 Å². The molecule has 1 heterocycles. The van der Waals surface area contributed by atoms with E-state index >= 15 is 0 Å². The van der Waals surface area contributed by atoms with Crippen molar-refractivity contribution in [1.82, 2.24) is 0 Å². The Kier molecular flexibility index (Phi) is 3.40. The van der Waals surface area contributed by atoms with Crippen LogP contribution >= 0.6 is 0 Å². The van der Waals surface area contributed by atoms with E-state index in [1.165, 1.54) is 0 Å². The summed E-state index contributed by atoms with van der Waals surface area (Å²) in [4.78, 5) is 5.22. The zero-order valence-electron chi connectivity index (χ0n) is 9.76. The highest BCUT2D eigenvalue weighted by molar-refractivity contribution is 5.71. The molecule has 3 heteroatoms. The van der Waals surface area contributed by atoms with Crippen molar-refractivity contribution >= 4 is 11.4 Å². The van der Waals surface area contributed by atoms with Crippen LogP contribution in [-0.2, 0) is 0 Å². The average Bonchev–Trinajstić information content (AvgIpc) is 2.40. The molecule has 0 spiro atoms. The third kappa shape index (κ3) is 2.64. The van der Waals surface area contributed by atoms with Crippen LogP contribution in [0.3, 0.4) is 0 Å². The van der Waals surface area contributed by atoms with Crippen LogP contribution in [0.2, 0.25) is 0 Å². The Morgan fingerprint density at radius 3 is 2.53 bits per heavy atom. The minimum atomic E-state index is 0.790. The first-order chi connectivity index (χ1) is 8.31. The first-order valence-corrected chi connectivity index (χ1v) is 5.38. The summed E-state index contributed by atoms with van der Waals surface area (Å²) in [5.41, 5.74) is 2.68. The van der Waals surface area contributed by atoms with Crippen LogP contribution in [0.1, 0.15) is 5.69 Å². The lowest BCUT2D eigenvalue weighted by atomic mass is 10.2. The van der Waals surface area contributed by atoms with Gasteiger partial charge in [-0.3, -0.25) is 4.84 Å². The molecular formula is C14H15N2O+. The summed E-state index contributed by atoms with van der Waals surface area (Å²) >= 11 is 0. The molecule has 0 saturated carbocycles. The minimum Gasteiger partial charge on any atom is -0.350 e. The van der Waals surface area contributed by atoms with Crippen molar-refractivity contribution in [2.75, 3.05) is 12.4 Å². The molecule has 0 fully saturated rings. The van der Waals surface area contributed by atoms with Crippen molar-refractivity contribution in [2.24, 2.45) is 0 Å². The van der Waals surface area contributed by atoms with Gasteiger partial charge in [0.05, 0.1) is 0 Å². The quantitative estimate of drug-likeness (QED) is 0.809. The SMILES string of the molecule is C=C(Nc1ccccc1)c1cccc[n+]1OC. The lowest BCUT2D eigenvalue weighted by Crippen LogP contribution is -2.44. The highest BCUT2D eigenvalue weighted by Crippen LogP contribution is 2.13. The predicted octanol–water partition coefficient (Wildman–Crippen LogP) is 2.12. The van der Waals surface area contributed by atoms with Crippen LogP contribution in [0.4, 0.5) is 5.69 Å². The summed E-state index contributed by atoms with van der Waals surface area (Å²) in [6.07, 6.45) is 1.84. The first-order valence-electron chi connectivity index (χ1n) is 5.38. The molecule has 0 aliphatic heterocycles. The van der Waals surface area contributed by atoms with Gasteiger partial charge in [0.25, 0.3) is 5.69 Å². The molecule has 3 nitrogen and oxygen atoms in total. The number of anilines is 1. The summed E-state index contributed by atoms with van der Waals surface area (Å²) in [5, 5.41) is 3.24. The molecule has 0 unspecified atom stereocenters. The second kappa shape index (κ2) is 5.16. The van der Waals surface area contributed by atoms with Crippen molar-refractivity contribution in [3.05, 3.63) is 67.0 Å². The van der Waals surface area contributed by atoms with Crippen LogP contribution in [-0.4, -0.2) is 7.11 Å². The van der Waals surface area contributed by atoms with Gasteiger partial charge in [0.15, 0.2) is 0 Å². The molecule has 1 aromatic heterocycles. The molecule has 17 heavy (non-hydrogen) atoms. The standard InChI is InChI=1S/C14H15N2O/c1-12(15-13-8-4-3-5-9-13)14-10-6-7-11-16(14)17-2/h3-11,15H,1H2,2H3/q+1. The molecule has 86 valence electrons. The highest BCUT2D eigenvalue weighted by Gasteiger charge is 2.13. The number of para-hydroxylation sites is 1. The molecule has 2 aromatic rings. The molecule has 2 rings (SSSR count). The number of benzene rings is 1. The van der Waals surface area contributed by atoms with E-state index < -0.39 is 0 Å². The third-order valence-corrected chi connectivity index (χ3v) is 2.40. The molecule has 0 aliphatic carbocycles. The molecular weight excluding hydrogens is 212 g/mol. The number of pyridine rings is 1. The maximum absolute atomic E-state index is 5.22. The van der Waals surface area contributed by atoms with Crippen molar-refractivity contribution < 1.29 is 9.57 Å². The summed E-state index contributed by atoms with van der Waals surface area (Å²) in [6, 6.07) is 15.7. The van der Waals surface area contributed by atoms with Crippen LogP contribution in [0.25, 0.3) is 5.70 Å². The average molecular weight is 227 g/mol. The van der Waals surface area contributed by atoms with E-state index in [0.717, 1.165) is 17.1 Å². The molecule has 0 bridgehead atoms. The number of nitrogens with one attached hydrogen (secondary N) is 1. The van der Waals surface area contributed by atoms with Gasteiger partial charge in [-0.1, -0.05) is 24.8 Å². The largest absolute Gasteiger partial charge is 0.350 e. The molecule has 0 aliphatic rings. The van der Waals surface area contributed by atoms with Gasteiger partial charge in [-0.15, -0.1) is 0 Å². The van der Waals surface area contributed by atoms with Gasteiger partial charge >= 0.3 is 0 Å². The van der Waals surface area contributed by atoms with E-state index in [2.05, 4.69) is 11.9 Å². The summed E-state index contributed by atoms with van der Waals surface area (Å²) in [6.45, 7) is 4.02. The smallest absolute Gasteiger partial charge is 0.280 e. The Hall–Kier alpha value is -2.29. The highest BCUT2D eigenvalue weighted by atomic mass is 16.6. The van der Waals surface area contributed by atoms with Gasteiger partial charge in [-0.05, 0) is 18.2 Å². The van der Waals surface area contributed by atoms with Gasteiger partial charge in [-0.25, -0.2) is 0 Å². The number of aromatic nitrogens is 1. The lowest BCUT2D eigenvalue weighted by Gasteiger charge is -2.07. The van der Waals surface area contributed by atoms with E-state index in [4.69, 9.17) is 4.84 Å². The number of hydrogen-bond acceptors (Lipinski definition) is 2. The maximum atomic E-state index is 5.22. The van der Waals surface area contributed by atoms with Gasteiger partial charge in [-0.2, -0.15) is 0 Å². The van der Waals surface area contributed by atoms with Crippen molar-refractivity contribution in [3.8, 4) is 0 Å². The first kappa shape index (κ1) is 11.2. The van der Waals surface area contributed by atoms with Gasteiger partial charge in [0.2, 0.25) is 6.20 Å². The molecule has 0 amide bonds. The van der Waals surface area contributed by atoms with Gasteiger partial charge in [0, 0.05) is 22.6 Å². The van der Waals surface area contributed by atoms with Crippen molar-refractivity contribution in [2.45, 2.75) is 0 Å². The Morgan fingerprint density at radius 1 is 1.12 bits per heavy atom. The van der Waals surface area contributed by atoms with Crippen LogP contribution < -0.4 is 14.9 Å². The molecule has 0 atom stereocenters. The zero-order chi connectivity index (χ0) is 12.1. The lowest BCUT2D eigenvalue weighted by molar-refractivity contribution is -0.887. The normalized spacial score (nSPS) is 9.71. The molecule has 1 aromatic carbocycles. The number of hydrogen-bond donors (Lipinski definition) is 1. The van der Waals surface area contributed by atoms with Crippen LogP contribution in [0.15, 0.2) is 61.3 Å². The molecule has 0 saturated heterocycles. The van der Waals surface area contributed by atoms with Crippen molar-refractivity contribution in [3.63, 3.8) is 0 Å². The zero-order valence-corrected chi connectivity index (χ0v) is 9.76. The van der Waals surface area contributed by atoms with E-state index in [-0.39, 0.29) is 0 Å². The fourth-order valence-corrected chi connectivity index (χ4v) is 1.58. The summed E-state index contributed by atoms with van der Waals surface area (Å²) in [5.74, 6) is 0. The number of nitrogens with zero attached hydrogens (tertiary/aromatic N) is 1. The second-order valence-electron chi connectivity index (χ2n) is 3.56. The fraction of sp³-hybridized carbons (Fsp3) is 0.0714. The monoisotopic (exact) mass is 227 g/mol. The summed E-state index contributed by atoms with van der Waals surface area (Å²) in [7, 11) is 1.62. The Morgan fingerprint density at radius 2 is 1.82 bits per heavy atom. The molecule has 1 N–H and O–H groups in total.